The number of rotatable bonds is 7. The molecule has 0 radical (unpaired) electrons. The fourth-order valence-electron chi connectivity index (χ4n) is 2.11. The van der Waals surface area contributed by atoms with Crippen LogP contribution in [-0.2, 0) is 9.53 Å². The second-order valence-corrected chi connectivity index (χ2v) is 5.17. The molecule has 1 fully saturated rings. The van der Waals surface area contributed by atoms with Crippen LogP contribution in [0.5, 0.6) is 0 Å². The maximum absolute atomic E-state index is 11.8. The van der Waals surface area contributed by atoms with Crippen molar-refractivity contribution >= 4 is 17.2 Å². The summed E-state index contributed by atoms with van der Waals surface area (Å²) in [5, 5.41) is 7.39. The standard InChI is InChI=1S/C13H20N2O2S/c1-2-6-17-7-3-5-15-12(16)9-14-13(15)11-4-8-18-10-11/h4,8,10,13-14H,2-3,5-7,9H2,1H3. The lowest BCUT2D eigenvalue weighted by Crippen LogP contribution is -2.31. The van der Waals surface area contributed by atoms with Crippen molar-refractivity contribution in [3.63, 3.8) is 0 Å². The Bertz CT molecular complexity index is 367. The summed E-state index contributed by atoms with van der Waals surface area (Å²) in [5.74, 6) is 0.182. The summed E-state index contributed by atoms with van der Waals surface area (Å²) in [7, 11) is 0. The highest BCUT2D eigenvalue weighted by Crippen LogP contribution is 2.24. The average molecular weight is 268 g/mol. The molecule has 2 heterocycles. The number of amides is 1. The first-order chi connectivity index (χ1) is 8.83. The van der Waals surface area contributed by atoms with Crippen LogP contribution in [0.1, 0.15) is 31.5 Å². The van der Waals surface area contributed by atoms with Gasteiger partial charge in [-0.25, -0.2) is 0 Å². The zero-order valence-corrected chi connectivity index (χ0v) is 11.5. The molecule has 0 spiro atoms. The molecule has 2 rings (SSSR count). The molecule has 1 N–H and O–H groups in total. The monoisotopic (exact) mass is 268 g/mol. The molecule has 1 atom stereocenters. The van der Waals surface area contributed by atoms with Crippen molar-refractivity contribution < 1.29 is 9.53 Å². The SMILES string of the molecule is CCCOCCCN1C(=O)CNC1c1ccsc1. The van der Waals surface area contributed by atoms with Crippen LogP contribution in [0.2, 0.25) is 0 Å². The van der Waals surface area contributed by atoms with Crippen LogP contribution >= 0.6 is 11.3 Å². The molecule has 4 nitrogen and oxygen atoms in total. The third kappa shape index (κ3) is 3.31. The lowest BCUT2D eigenvalue weighted by atomic mass is 10.2. The summed E-state index contributed by atoms with van der Waals surface area (Å²) in [5.41, 5.74) is 1.18. The predicted octanol–water partition coefficient (Wildman–Crippen LogP) is 2.00. The van der Waals surface area contributed by atoms with Crippen molar-refractivity contribution in [3.8, 4) is 0 Å². The van der Waals surface area contributed by atoms with E-state index in [1.165, 1.54) is 5.56 Å². The van der Waals surface area contributed by atoms with Crippen LogP contribution in [0.15, 0.2) is 16.8 Å². The summed E-state index contributed by atoms with van der Waals surface area (Å²) in [4.78, 5) is 13.7. The van der Waals surface area contributed by atoms with Crippen molar-refractivity contribution in [3.05, 3.63) is 22.4 Å². The van der Waals surface area contributed by atoms with E-state index in [4.69, 9.17) is 4.74 Å². The van der Waals surface area contributed by atoms with Gasteiger partial charge in [-0.15, -0.1) is 0 Å². The van der Waals surface area contributed by atoms with Gasteiger partial charge >= 0.3 is 0 Å². The fourth-order valence-corrected chi connectivity index (χ4v) is 2.78. The van der Waals surface area contributed by atoms with Crippen LogP contribution in [0.4, 0.5) is 0 Å². The quantitative estimate of drug-likeness (QED) is 0.769. The maximum Gasteiger partial charge on any atom is 0.238 e. The molecule has 5 heteroatoms. The number of ether oxygens (including phenoxy) is 1. The fraction of sp³-hybridized carbons (Fsp3) is 0.615. The first-order valence-corrected chi connectivity index (χ1v) is 7.40. The molecule has 18 heavy (non-hydrogen) atoms. The number of nitrogens with zero attached hydrogens (tertiary/aromatic N) is 1. The molecule has 1 unspecified atom stereocenters. The highest BCUT2D eigenvalue weighted by molar-refractivity contribution is 7.07. The molecule has 1 aromatic rings. The summed E-state index contributed by atoms with van der Waals surface area (Å²) < 4.78 is 5.45. The van der Waals surface area contributed by atoms with Gasteiger partial charge in [-0.1, -0.05) is 6.92 Å². The minimum Gasteiger partial charge on any atom is -0.381 e. The average Bonchev–Trinajstić information content (AvgIpc) is 2.99. The molecule has 1 amide bonds. The van der Waals surface area contributed by atoms with E-state index >= 15 is 0 Å². The number of nitrogens with one attached hydrogen (secondary N) is 1. The summed E-state index contributed by atoms with van der Waals surface area (Å²) >= 11 is 1.66. The number of hydrogen-bond acceptors (Lipinski definition) is 4. The molecule has 0 aromatic carbocycles. The van der Waals surface area contributed by atoms with Crippen molar-refractivity contribution in [2.45, 2.75) is 25.9 Å². The van der Waals surface area contributed by atoms with Gasteiger partial charge in [-0.05, 0) is 35.2 Å². The van der Waals surface area contributed by atoms with Crippen molar-refractivity contribution in [1.82, 2.24) is 10.2 Å². The number of thiophene rings is 1. The Labute approximate surface area is 112 Å². The van der Waals surface area contributed by atoms with Gasteiger partial charge in [0.25, 0.3) is 0 Å². The van der Waals surface area contributed by atoms with E-state index in [-0.39, 0.29) is 12.1 Å². The Morgan fingerprint density at radius 1 is 1.56 bits per heavy atom. The minimum absolute atomic E-state index is 0.0509. The highest BCUT2D eigenvalue weighted by Gasteiger charge is 2.30. The van der Waals surface area contributed by atoms with E-state index in [0.717, 1.165) is 32.6 Å². The van der Waals surface area contributed by atoms with Crippen molar-refractivity contribution in [2.75, 3.05) is 26.3 Å². The van der Waals surface area contributed by atoms with Crippen molar-refractivity contribution in [1.29, 1.82) is 0 Å². The van der Waals surface area contributed by atoms with Gasteiger partial charge in [-0.2, -0.15) is 11.3 Å². The van der Waals surface area contributed by atoms with Gasteiger partial charge in [0.05, 0.1) is 6.54 Å². The van der Waals surface area contributed by atoms with Gasteiger partial charge in [-0.3, -0.25) is 10.1 Å². The lowest BCUT2D eigenvalue weighted by molar-refractivity contribution is -0.128. The Kier molecular flexibility index (Phi) is 5.16. The highest BCUT2D eigenvalue weighted by atomic mass is 32.1. The Hall–Kier alpha value is -0.910. The molecule has 1 aliphatic heterocycles. The maximum atomic E-state index is 11.8. The zero-order chi connectivity index (χ0) is 12.8. The number of hydrogen-bond donors (Lipinski definition) is 1. The molecular formula is C13H20N2O2S. The third-order valence-electron chi connectivity index (χ3n) is 2.97. The molecule has 0 bridgehead atoms. The van der Waals surface area contributed by atoms with Gasteiger partial charge < -0.3 is 9.64 Å². The normalized spacial score (nSPS) is 19.7. The first-order valence-electron chi connectivity index (χ1n) is 6.45. The third-order valence-corrected chi connectivity index (χ3v) is 3.68. The summed E-state index contributed by atoms with van der Waals surface area (Å²) in [6.45, 7) is 4.83. The Morgan fingerprint density at radius 2 is 2.44 bits per heavy atom. The zero-order valence-electron chi connectivity index (χ0n) is 10.7. The van der Waals surface area contributed by atoms with Gasteiger partial charge in [0.1, 0.15) is 6.17 Å². The Balaban J connectivity index is 1.82. The smallest absolute Gasteiger partial charge is 0.238 e. The molecule has 1 aromatic heterocycles. The van der Waals surface area contributed by atoms with E-state index in [1.807, 2.05) is 10.3 Å². The minimum atomic E-state index is 0.0509. The molecule has 0 saturated carbocycles. The van der Waals surface area contributed by atoms with E-state index < -0.39 is 0 Å². The first kappa shape index (κ1) is 13.5. The molecule has 100 valence electrons. The largest absolute Gasteiger partial charge is 0.381 e. The molecule has 1 saturated heterocycles. The van der Waals surface area contributed by atoms with Crippen LogP contribution in [0.25, 0.3) is 0 Å². The lowest BCUT2D eigenvalue weighted by Gasteiger charge is -2.23. The molecular weight excluding hydrogens is 248 g/mol. The molecule has 1 aliphatic rings. The van der Waals surface area contributed by atoms with Gasteiger partial charge in [0.2, 0.25) is 5.91 Å². The summed E-state index contributed by atoms with van der Waals surface area (Å²) in [6, 6.07) is 2.07. The predicted molar refractivity (Wildman–Crippen MR) is 72.5 cm³/mol. The van der Waals surface area contributed by atoms with Crippen LogP contribution in [-0.4, -0.2) is 37.1 Å². The number of carbonyl (C=O) groups excluding carboxylic acids is 1. The van der Waals surface area contributed by atoms with Crippen molar-refractivity contribution in [2.24, 2.45) is 0 Å². The van der Waals surface area contributed by atoms with E-state index in [2.05, 4.69) is 23.7 Å². The van der Waals surface area contributed by atoms with Crippen LogP contribution in [0.3, 0.4) is 0 Å². The van der Waals surface area contributed by atoms with E-state index in [1.54, 1.807) is 11.3 Å². The van der Waals surface area contributed by atoms with E-state index in [0.29, 0.717) is 6.54 Å². The Morgan fingerprint density at radius 3 is 3.17 bits per heavy atom. The van der Waals surface area contributed by atoms with Crippen LogP contribution in [0, 0.1) is 0 Å². The second-order valence-electron chi connectivity index (χ2n) is 4.39. The molecule has 0 aliphatic carbocycles. The van der Waals surface area contributed by atoms with Gasteiger partial charge in [0.15, 0.2) is 0 Å². The second kappa shape index (κ2) is 6.87. The summed E-state index contributed by atoms with van der Waals surface area (Å²) in [6.07, 6.45) is 1.99. The van der Waals surface area contributed by atoms with Crippen LogP contribution < -0.4 is 5.32 Å². The topological polar surface area (TPSA) is 41.6 Å². The number of carbonyl (C=O) groups is 1. The van der Waals surface area contributed by atoms with E-state index in [9.17, 15) is 4.79 Å². The van der Waals surface area contributed by atoms with Gasteiger partial charge in [0, 0.05) is 19.8 Å².